The minimum absolute atomic E-state index is 0.359. The van der Waals surface area contributed by atoms with E-state index in [0.717, 1.165) is 67.7 Å². The van der Waals surface area contributed by atoms with E-state index in [0.29, 0.717) is 16.6 Å². The molecule has 2 saturated heterocycles. The molecule has 0 bridgehead atoms. The molecular weight excluding hydrogens is 380 g/mol. The van der Waals surface area contributed by atoms with E-state index in [4.69, 9.17) is 0 Å². The molecular formula is C21H21F2N3OS. The highest BCUT2D eigenvalue weighted by Crippen LogP contribution is 2.37. The second kappa shape index (κ2) is 6.97. The van der Waals surface area contributed by atoms with Gasteiger partial charge in [-0.25, -0.2) is 17.3 Å². The number of rotatable bonds is 4. The van der Waals surface area contributed by atoms with E-state index in [2.05, 4.69) is 9.88 Å². The van der Waals surface area contributed by atoms with Crippen LogP contribution in [0.4, 0.5) is 14.5 Å². The van der Waals surface area contributed by atoms with Crippen LogP contribution >= 0.6 is 0 Å². The van der Waals surface area contributed by atoms with Gasteiger partial charge in [-0.2, -0.15) is 0 Å². The van der Waals surface area contributed by atoms with Crippen molar-refractivity contribution < 1.29 is 13.0 Å². The minimum Gasteiger partial charge on any atom is -0.371 e. The number of benzene rings is 2. The molecule has 3 heterocycles. The summed E-state index contributed by atoms with van der Waals surface area (Å²) in [5, 5.41) is 0.359. The summed E-state index contributed by atoms with van der Waals surface area (Å²) in [5.41, 5.74) is 3.05. The lowest BCUT2D eigenvalue weighted by Gasteiger charge is -2.29. The molecule has 0 aliphatic carbocycles. The number of halogens is 2. The molecule has 7 heteroatoms. The van der Waals surface area contributed by atoms with E-state index in [9.17, 15) is 13.0 Å². The molecule has 0 saturated carbocycles. The first-order valence-electron chi connectivity index (χ1n) is 9.64. The zero-order chi connectivity index (χ0) is 19.3. The van der Waals surface area contributed by atoms with Crippen LogP contribution in [0.3, 0.4) is 0 Å². The van der Waals surface area contributed by atoms with Crippen LogP contribution in [-0.4, -0.2) is 39.7 Å². The quantitative estimate of drug-likeness (QED) is 0.702. The summed E-state index contributed by atoms with van der Waals surface area (Å²) in [6, 6.07) is 9.79. The Hall–Kier alpha value is -2.25. The van der Waals surface area contributed by atoms with E-state index in [1.54, 1.807) is 6.07 Å². The van der Waals surface area contributed by atoms with Gasteiger partial charge in [-0.05, 0) is 49.6 Å². The number of nitrogens with zero attached hydrogens (tertiary/aromatic N) is 2. The predicted molar refractivity (Wildman–Crippen MR) is 108 cm³/mol. The van der Waals surface area contributed by atoms with Gasteiger partial charge in [0, 0.05) is 54.6 Å². The number of nitrogens with one attached hydrogen (secondary N) is 1. The Kier molecular flexibility index (Phi) is 4.44. The number of fused-ring (bicyclic) bond motifs is 1. The molecule has 1 atom stereocenters. The van der Waals surface area contributed by atoms with E-state index < -0.39 is 22.6 Å². The third-order valence-corrected chi connectivity index (χ3v) is 7.10. The van der Waals surface area contributed by atoms with Crippen LogP contribution in [0, 0.1) is 11.6 Å². The summed E-state index contributed by atoms with van der Waals surface area (Å²) in [7, 11) is -1.19. The topological polar surface area (TPSA) is 39.3 Å². The standard InChI is InChI=1S/C21H21F2N3OS/c22-14-10-18(23)16-13-20(24-19(16)11-14)17-12-15(28(27)26-8-3-9-26)4-5-21(17)25-6-1-2-7-25/h4-5,10-13,24H,1-3,6-9H2. The highest BCUT2D eigenvalue weighted by atomic mass is 32.2. The fourth-order valence-electron chi connectivity index (χ4n) is 3.98. The molecule has 4 nitrogen and oxygen atoms in total. The third kappa shape index (κ3) is 3.02. The van der Waals surface area contributed by atoms with Crippen LogP contribution in [0.2, 0.25) is 0 Å². The SMILES string of the molecule is O=S(c1ccc(N2CCCC2)c(-c2cc3c(F)cc(F)cc3[nH]2)c1)N1CCC1. The Morgan fingerprint density at radius 2 is 1.71 bits per heavy atom. The Labute approximate surface area is 164 Å². The molecule has 0 spiro atoms. The van der Waals surface area contributed by atoms with Gasteiger partial charge in [0.1, 0.15) is 22.6 Å². The van der Waals surface area contributed by atoms with Crippen LogP contribution in [-0.2, 0) is 11.0 Å². The summed E-state index contributed by atoms with van der Waals surface area (Å²) in [6.45, 7) is 3.61. The van der Waals surface area contributed by atoms with E-state index in [1.807, 2.05) is 22.5 Å². The number of aromatic amines is 1. The first-order chi connectivity index (χ1) is 13.6. The van der Waals surface area contributed by atoms with Gasteiger partial charge in [-0.15, -0.1) is 0 Å². The molecule has 2 aromatic carbocycles. The second-order valence-corrected chi connectivity index (χ2v) is 8.92. The lowest BCUT2D eigenvalue weighted by Crippen LogP contribution is -2.38. The molecule has 0 radical (unpaired) electrons. The average Bonchev–Trinajstić information content (AvgIpc) is 3.29. The van der Waals surface area contributed by atoms with Gasteiger partial charge in [0.15, 0.2) is 0 Å². The Bertz CT molecular complexity index is 1070. The van der Waals surface area contributed by atoms with Crippen molar-refractivity contribution in [3.63, 3.8) is 0 Å². The van der Waals surface area contributed by atoms with Gasteiger partial charge in [-0.3, -0.25) is 0 Å². The summed E-state index contributed by atoms with van der Waals surface area (Å²) in [5.74, 6) is -1.19. The van der Waals surface area contributed by atoms with Crippen LogP contribution in [0.25, 0.3) is 22.2 Å². The highest BCUT2D eigenvalue weighted by molar-refractivity contribution is 7.82. The fraction of sp³-hybridized carbons (Fsp3) is 0.333. The Morgan fingerprint density at radius 3 is 2.43 bits per heavy atom. The Balaban J connectivity index is 1.64. The number of H-pyrrole nitrogens is 1. The molecule has 2 aliphatic heterocycles. The van der Waals surface area contributed by atoms with Crippen molar-refractivity contribution in [3.8, 4) is 11.3 Å². The monoisotopic (exact) mass is 401 g/mol. The molecule has 1 unspecified atom stereocenters. The van der Waals surface area contributed by atoms with Crippen molar-refractivity contribution in [2.45, 2.75) is 24.2 Å². The maximum atomic E-state index is 14.2. The van der Waals surface area contributed by atoms with Crippen molar-refractivity contribution in [3.05, 3.63) is 48.0 Å². The molecule has 28 heavy (non-hydrogen) atoms. The number of hydrogen-bond acceptors (Lipinski definition) is 2. The summed E-state index contributed by atoms with van der Waals surface area (Å²) < 4.78 is 42.6. The average molecular weight is 401 g/mol. The third-order valence-electron chi connectivity index (χ3n) is 5.61. The molecule has 1 N–H and O–H groups in total. The van der Waals surface area contributed by atoms with Gasteiger partial charge in [0.2, 0.25) is 0 Å². The molecule has 146 valence electrons. The largest absolute Gasteiger partial charge is 0.371 e. The van der Waals surface area contributed by atoms with E-state index in [1.165, 1.54) is 6.07 Å². The normalized spacial score (nSPS) is 18.6. The summed E-state index contributed by atoms with van der Waals surface area (Å²) >= 11 is 0. The first-order valence-corrected chi connectivity index (χ1v) is 10.7. The first kappa shape index (κ1) is 17.8. The number of hydrogen-bond donors (Lipinski definition) is 1. The van der Waals surface area contributed by atoms with Gasteiger partial charge >= 0.3 is 0 Å². The van der Waals surface area contributed by atoms with Crippen LogP contribution < -0.4 is 4.90 Å². The van der Waals surface area contributed by atoms with Crippen molar-refractivity contribution in [1.82, 2.24) is 9.29 Å². The van der Waals surface area contributed by atoms with Crippen molar-refractivity contribution in [2.24, 2.45) is 0 Å². The zero-order valence-electron chi connectivity index (χ0n) is 15.4. The van der Waals surface area contributed by atoms with Crippen molar-refractivity contribution in [1.29, 1.82) is 0 Å². The molecule has 2 fully saturated rings. The van der Waals surface area contributed by atoms with Crippen LogP contribution in [0.1, 0.15) is 19.3 Å². The summed E-state index contributed by atoms with van der Waals surface area (Å²) in [4.78, 5) is 6.20. The van der Waals surface area contributed by atoms with Crippen LogP contribution in [0.5, 0.6) is 0 Å². The van der Waals surface area contributed by atoms with Crippen molar-refractivity contribution >= 4 is 27.6 Å². The van der Waals surface area contributed by atoms with Gasteiger partial charge in [-0.1, -0.05) is 0 Å². The van der Waals surface area contributed by atoms with Crippen LogP contribution in [0.15, 0.2) is 41.3 Å². The fourth-order valence-corrected chi connectivity index (χ4v) is 5.27. The van der Waals surface area contributed by atoms with Gasteiger partial charge in [0.05, 0.1) is 10.4 Å². The molecule has 3 aromatic rings. The minimum atomic E-state index is -1.19. The molecule has 2 aliphatic rings. The van der Waals surface area contributed by atoms with E-state index >= 15 is 0 Å². The number of aromatic nitrogens is 1. The summed E-state index contributed by atoms with van der Waals surface area (Å²) in [6.07, 6.45) is 3.33. The van der Waals surface area contributed by atoms with Gasteiger partial charge < -0.3 is 9.88 Å². The smallest absolute Gasteiger partial charge is 0.135 e. The van der Waals surface area contributed by atoms with Gasteiger partial charge in [0.25, 0.3) is 0 Å². The maximum absolute atomic E-state index is 14.2. The highest BCUT2D eigenvalue weighted by Gasteiger charge is 2.24. The second-order valence-electron chi connectivity index (χ2n) is 7.44. The zero-order valence-corrected chi connectivity index (χ0v) is 16.2. The molecule has 0 amide bonds. The lowest BCUT2D eigenvalue weighted by molar-refractivity contribution is 0.328. The lowest BCUT2D eigenvalue weighted by atomic mass is 10.1. The number of anilines is 1. The molecule has 1 aromatic heterocycles. The Morgan fingerprint density at radius 1 is 0.929 bits per heavy atom. The maximum Gasteiger partial charge on any atom is 0.135 e. The predicted octanol–water partition coefficient (Wildman–Crippen LogP) is 4.44. The van der Waals surface area contributed by atoms with Crippen molar-refractivity contribution in [2.75, 3.05) is 31.1 Å². The van der Waals surface area contributed by atoms with E-state index in [-0.39, 0.29) is 0 Å². The molecule has 5 rings (SSSR count).